The van der Waals surface area contributed by atoms with Crippen LogP contribution in [0.15, 0.2) is 164 Å². The van der Waals surface area contributed by atoms with Crippen LogP contribution in [-0.2, 0) is 37.8 Å². The first-order valence-electron chi connectivity index (χ1n) is 16.5. The van der Waals surface area contributed by atoms with Gasteiger partial charge in [-0.05, 0) is 27.8 Å². The molecule has 6 heteroatoms. The van der Waals surface area contributed by atoms with Crippen molar-refractivity contribution in [1.82, 2.24) is 4.90 Å². The molecule has 6 nitrogen and oxygen atoms in total. The minimum absolute atomic E-state index is 0.148. The van der Waals surface area contributed by atoms with Crippen LogP contribution in [0.4, 0.5) is 4.79 Å². The molecule has 0 aromatic heterocycles. The fourth-order valence-corrected chi connectivity index (χ4v) is 6.71. The maximum atomic E-state index is 13.1. The minimum Gasteiger partial charge on any atom is -0.441 e. The maximum Gasteiger partial charge on any atom is 0.411 e. The van der Waals surface area contributed by atoms with Crippen molar-refractivity contribution in [2.75, 3.05) is 13.2 Å². The van der Waals surface area contributed by atoms with Crippen molar-refractivity contribution in [3.63, 3.8) is 0 Å². The number of hydrogen-bond acceptors (Lipinski definition) is 5. The summed E-state index contributed by atoms with van der Waals surface area (Å²) < 4.78 is 26.9. The second-order valence-electron chi connectivity index (χ2n) is 12.1. The van der Waals surface area contributed by atoms with Crippen LogP contribution in [0.25, 0.3) is 0 Å². The molecule has 0 radical (unpaired) electrons. The Kier molecular flexibility index (Phi) is 9.75. The lowest BCUT2D eigenvalue weighted by molar-refractivity contribution is -0.160. The largest absolute Gasteiger partial charge is 0.441 e. The van der Waals surface area contributed by atoms with Gasteiger partial charge in [0.25, 0.3) is 0 Å². The molecular formula is C42H39NO5. The SMILES string of the molecule is O=C1O[C@@H]([C@H](OCc2ccccc2)[C@H](COC(c2ccccc2)(c2ccccc2)c2ccccc2)OCc2ccccc2)[C@H]2C=CCN12. The second-order valence-corrected chi connectivity index (χ2v) is 12.1. The molecule has 0 unspecified atom stereocenters. The van der Waals surface area contributed by atoms with Crippen molar-refractivity contribution in [3.8, 4) is 0 Å². The summed E-state index contributed by atoms with van der Waals surface area (Å²) in [5.41, 5.74) is 4.04. The molecule has 7 rings (SSSR count). The van der Waals surface area contributed by atoms with Gasteiger partial charge in [-0.3, -0.25) is 4.90 Å². The molecule has 1 saturated heterocycles. The van der Waals surface area contributed by atoms with Crippen molar-refractivity contribution in [1.29, 1.82) is 0 Å². The third-order valence-electron chi connectivity index (χ3n) is 9.09. The predicted octanol–water partition coefficient (Wildman–Crippen LogP) is 7.93. The lowest BCUT2D eigenvalue weighted by Gasteiger charge is -2.39. The smallest absolute Gasteiger partial charge is 0.411 e. The van der Waals surface area contributed by atoms with E-state index in [4.69, 9.17) is 18.9 Å². The maximum absolute atomic E-state index is 13.1. The average molecular weight is 638 g/mol. The predicted molar refractivity (Wildman–Crippen MR) is 185 cm³/mol. The molecule has 2 aliphatic rings. The van der Waals surface area contributed by atoms with E-state index in [-0.39, 0.29) is 18.7 Å². The van der Waals surface area contributed by atoms with E-state index in [1.807, 2.05) is 127 Å². The fraction of sp³-hybridized carbons (Fsp3) is 0.214. The van der Waals surface area contributed by atoms with E-state index in [9.17, 15) is 4.79 Å². The molecule has 5 aromatic rings. The molecule has 0 bridgehead atoms. The first-order valence-corrected chi connectivity index (χ1v) is 16.5. The fourth-order valence-electron chi connectivity index (χ4n) is 6.71. The van der Waals surface area contributed by atoms with Crippen LogP contribution < -0.4 is 0 Å². The van der Waals surface area contributed by atoms with Crippen molar-refractivity contribution >= 4 is 6.09 Å². The van der Waals surface area contributed by atoms with Gasteiger partial charge < -0.3 is 18.9 Å². The zero-order valence-electron chi connectivity index (χ0n) is 26.7. The number of hydrogen-bond donors (Lipinski definition) is 0. The van der Waals surface area contributed by atoms with Gasteiger partial charge in [0.2, 0.25) is 0 Å². The van der Waals surface area contributed by atoms with E-state index in [0.29, 0.717) is 19.8 Å². The highest BCUT2D eigenvalue weighted by Gasteiger charge is 2.50. The Morgan fingerprint density at radius 3 is 1.60 bits per heavy atom. The summed E-state index contributed by atoms with van der Waals surface area (Å²) in [6.45, 7) is 1.31. The molecule has 1 amide bonds. The molecule has 4 atom stereocenters. The van der Waals surface area contributed by atoms with Crippen LogP contribution in [0.1, 0.15) is 27.8 Å². The Labute approximate surface area is 282 Å². The zero-order chi connectivity index (χ0) is 32.6. The van der Waals surface area contributed by atoms with Gasteiger partial charge in [0.1, 0.15) is 17.8 Å². The van der Waals surface area contributed by atoms with Crippen LogP contribution in [0.2, 0.25) is 0 Å². The Morgan fingerprint density at radius 1 is 0.646 bits per heavy atom. The standard InChI is InChI=1S/C42H39NO5/c44-41-43-28-16-27-37(43)39(48-41)40(46-30-33-19-8-2-9-20-33)38(45-29-32-17-6-1-7-18-32)31-47-42(34-21-10-3-11-22-34,35-23-12-4-13-24-35)36-25-14-5-15-26-36/h1-27,37-40H,28-31H2/t37-,38+,39-,40-/m1/s1. The van der Waals surface area contributed by atoms with Gasteiger partial charge in [0.05, 0.1) is 25.9 Å². The van der Waals surface area contributed by atoms with Crippen molar-refractivity contribution in [3.05, 3.63) is 192 Å². The average Bonchev–Trinajstić information content (AvgIpc) is 3.77. The van der Waals surface area contributed by atoms with E-state index in [1.54, 1.807) is 4.90 Å². The molecule has 2 heterocycles. The Bertz CT molecular complexity index is 1670. The number of nitrogens with zero attached hydrogens (tertiary/aromatic N) is 1. The van der Waals surface area contributed by atoms with Gasteiger partial charge in [0.15, 0.2) is 6.10 Å². The number of benzene rings is 5. The van der Waals surface area contributed by atoms with Gasteiger partial charge in [-0.2, -0.15) is 0 Å². The van der Waals surface area contributed by atoms with E-state index in [0.717, 1.165) is 27.8 Å². The number of ether oxygens (including phenoxy) is 4. The number of amides is 1. The van der Waals surface area contributed by atoms with E-state index < -0.39 is 23.9 Å². The first kappa shape index (κ1) is 31.6. The van der Waals surface area contributed by atoms with E-state index in [1.165, 1.54) is 0 Å². The third kappa shape index (κ3) is 6.69. The molecule has 48 heavy (non-hydrogen) atoms. The summed E-state index contributed by atoms with van der Waals surface area (Å²) in [6.07, 6.45) is 1.84. The molecule has 0 N–H and O–H groups in total. The lowest BCUT2D eigenvalue weighted by atomic mass is 9.80. The number of rotatable bonds is 14. The number of cyclic esters (lactones) is 1. The molecule has 1 fully saturated rings. The lowest BCUT2D eigenvalue weighted by Crippen LogP contribution is -2.49. The number of carbonyl (C=O) groups is 1. The first-order chi connectivity index (χ1) is 23.7. The van der Waals surface area contributed by atoms with Crippen LogP contribution in [0.3, 0.4) is 0 Å². The van der Waals surface area contributed by atoms with Crippen LogP contribution in [0.5, 0.6) is 0 Å². The Balaban J connectivity index is 1.29. The van der Waals surface area contributed by atoms with E-state index in [2.05, 4.69) is 36.4 Å². The van der Waals surface area contributed by atoms with Crippen molar-refractivity contribution < 1.29 is 23.7 Å². The summed E-state index contributed by atoms with van der Waals surface area (Å²) in [4.78, 5) is 14.8. The normalized spacial score (nSPS) is 18.3. The summed E-state index contributed by atoms with van der Waals surface area (Å²) in [5, 5.41) is 0. The topological polar surface area (TPSA) is 57.2 Å². The summed E-state index contributed by atoms with van der Waals surface area (Å²) in [6, 6.07) is 50.7. The number of fused-ring (bicyclic) bond motifs is 1. The van der Waals surface area contributed by atoms with Crippen molar-refractivity contribution in [2.45, 2.75) is 43.2 Å². The molecular weight excluding hydrogens is 598 g/mol. The quantitative estimate of drug-likeness (QED) is 0.0915. The highest BCUT2D eigenvalue weighted by Crippen LogP contribution is 2.41. The second kappa shape index (κ2) is 14.8. The highest BCUT2D eigenvalue weighted by atomic mass is 16.6. The molecule has 0 aliphatic carbocycles. The Morgan fingerprint density at radius 2 is 1.10 bits per heavy atom. The van der Waals surface area contributed by atoms with E-state index >= 15 is 0 Å². The molecule has 2 aliphatic heterocycles. The van der Waals surface area contributed by atoms with Gasteiger partial charge in [-0.25, -0.2) is 4.79 Å². The summed E-state index contributed by atoms with van der Waals surface area (Å²) >= 11 is 0. The van der Waals surface area contributed by atoms with Gasteiger partial charge in [-0.1, -0.05) is 164 Å². The van der Waals surface area contributed by atoms with Crippen LogP contribution in [0, 0.1) is 0 Å². The van der Waals surface area contributed by atoms with Crippen molar-refractivity contribution in [2.24, 2.45) is 0 Å². The third-order valence-corrected chi connectivity index (χ3v) is 9.09. The summed E-state index contributed by atoms with van der Waals surface area (Å²) in [5.74, 6) is 0. The van der Waals surface area contributed by atoms with Crippen LogP contribution in [-0.4, -0.2) is 48.5 Å². The molecule has 0 saturated carbocycles. The molecule has 0 spiro atoms. The molecule has 5 aromatic carbocycles. The van der Waals surface area contributed by atoms with Gasteiger partial charge in [-0.15, -0.1) is 0 Å². The zero-order valence-corrected chi connectivity index (χ0v) is 26.7. The van der Waals surface area contributed by atoms with Gasteiger partial charge in [0, 0.05) is 6.54 Å². The number of carbonyl (C=O) groups excluding carboxylic acids is 1. The molecule has 242 valence electrons. The monoisotopic (exact) mass is 637 g/mol. The minimum atomic E-state index is -0.965. The summed E-state index contributed by atoms with van der Waals surface area (Å²) in [7, 11) is 0. The van der Waals surface area contributed by atoms with Crippen LogP contribution >= 0.6 is 0 Å². The Hall–Kier alpha value is -5.01. The highest BCUT2D eigenvalue weighted by molar-refractivity contribution is 5.72. The van der Waals surface area contributed by atoms with Gasteiger partial charge >= 0.3 is 6.09 Å².